The number of halogens is 4. The van der Waals surface area contributed by atoms with Crippen molar-refractivity contribution in [2.75, 3.05) is 37.7 Å². The lowest BCUT2D eigenvalue weighted by Crippen LogP contribution is -2.57. The molecule has 2 saturated heterocycles. The zero-order valence-corrected chi connectivity index (χ0v) is 19.5. The molecule has 2 aliphatic heterocycles. The molecule has 0 saturated carbocycles. The van der Waals surface area contributed by atoms with E-state index in [0.717, 1.165) is 44.6 Å². The Morgan fingerprint density at radius 2 is 1.72 bits per heavy atom. The third-order valence-electron chi connectivity index (χ3n) is 6.55. The fourth-order valence-electron chi connectivity index (χ4n) is 4.68. The highest BCUT2D eigenvalue weighted by atomic mass is 19.4. The Kier molecular flexibility index (Phi) is 6.81. The molecule has 0 amide bonds. The summed E-state index contributed by atoms with van der Waals surface area (Å²) >= 11 is 0. The molecule has 0 aliphatic carbocycles. The van der Waals surface area contributed by atoms with Crippen LogP contribution in [0, 0.1) is 5.82 Å². The number of benzene rings is 2. The van der Waals surface area contributed by atoms with Gasteiger partial charge in [0.25, 0.3) is 0 Å². The van der Waals surface area contributed by atoms with Crippen molar-refractivity contribution in [2.24, 2.45) is 0 Å². The van der Waals surface area contributed by atoms with Gasteiger partial charge in [-0.25, -0.2) is 9.37 Å². The Morgan fingerprint density at radius 1 is 0.944 bits per heavy atom. The maximum absolute atomic E-state index is 13.6. The first-order valence-electron chi connectivity index (χ1n) is 11.8. The fraction of sp³-hybridized carbons (Fsp3) is 0.385. The van der Waals surface area contributed by atoms with E-state index in [0.29, 0.717) is 19.7 Å². The molecule has 0 atom stereocenters. The van der Waals surface area contributed by atoms with E-state index in [1.165, 1.54) is 23.8 Å². The average Bonchev–Trinajstić information content (AvgIpc) is 2.86. The van der Waals surface area contributed by atoms with Crippen LogP contribution in [0.4, 0.5) is 23.5 Å². The van der Waals surface area contributed by atoms with E-state index in [9.17, 15) is 17.6 Å². The number of hydrogen-bond acceptors (Lipinski definition) is 6. The van der Waals surface area contributed by atoms with Crippen molar-refractivity contribution in [3.63, 3.8) is 0 Å². The third-order valence-corrected chi connectivity index (χ3v) is 6.55. The van der Waals surface area contributed by atoms with E-state index < -0.39 is 23.3 Å². The van der Waals surface area contributed by atoms with E-state index >= 15 is 0 Å². The summed E-state index contributed by atoms with van der Waals surface area (Å²) in [6.07, 6.45) is -3.19. The molecule has 2 aliphatic rings. The van der Waals surface area contributed by atoms with Gasteiger partial charge in [-0.2, -0.15) is 18.2 Å². The topological polar surface area (TPSA) is 50.7 Å². The highest BCUT2D eigenvalue weighted by Gasteiger charge is 2.41. The molecule has 6 nitrogen and oxygen atoms in total. The van der Waals surface area contributed by atoms with Crippen LogP contribution in [0.15, 0.2) is 60.7 Å². The van der Waals surface area contributed by atoms with Gasteiger partial charge in [0.1, 0.15) is 11.6 Å². The van der Waals surface area contributed by atoms with Crippen molar-refractivity contribution in [3.8, 4) is 11.6 Å². The summed E-state index contributed by atoms with van der Waals surface area (Å²) in [5.74, 6) is -0.884. The van der Waals surface area contributed by atoms with Gasteiger partial charge in [-0.05, 0) is 30.5 Å². The van der Waals surface area contributed by atoms with Crippen molar-refractivity contribution < 1.29 is 27.0 Å². The smallest absolute Gasteiger partial charge is 0.433 e. The summed E-state index contributed by atoms with van der Waals surface area (Å²) in [7, 11) is 0. The van der Waals surface area contributed by atoms with E-state index in [1.807, 2.05) is 18.2 Å². The lowest BCUT2D eigenvalue weighted by molar-refractivity contribution is -0.141. The van der Waals surface area contributed by atoms with Crippen LogP contribution in [0.5, 0.6) is 11.6 Å². The van der Waals surface area contributed by atoms with Crippen molar-refractivity contribution in [2.45, 2.75) is 31.2 Å². The first-order valence-corrected chi connectivity index (χ1v) is 11.8. The number of aromatic nitrogens is 2. The number of rotatable bonds is 5. The van der Waals surface area contributed by atoms with Crippen molar-refractivity contribution in [3.05, 3.63) is 77.7 Å². The molecule has 1 aromatic heterocycles. The van der Waals surface area contributed by atoms with E-state index in [4.69, 9.17) is 9.47 Å². The largest absolute Gasteiger partial charge is 0.439 e. The summed E-state index contributed by atoms with van der Waals surface area (Å²) in [6, 6.07) is 16.1. The maximum atomic E-state index is 13.6. The van der Waals surface area contributed by atoms with Crippen molar-refractivity contribution in [1.82, 2.24) is 14.9 Å². The van der Waals surface area contributed by atoms with E-state index in [1.54, 1.807) is 4.90 Å². The highest BCUT2D eigenvalue weighted by molar-refractivity contribution is 5.38. The quantitative estimate of drug-likeness (QED) is 0.442. The molecule has 10 heteroatoms. The Labute approximate surface area is 206 Å². The summed E-state index contributed by atoms with van der Waals surface area (Å²) in [4.78, 5) is 12.1. The molecule has 0 N–H and O–H groups in total. The molecule has 3 aromatic rings. The van der Waals surface area contributed by atoms with Gasteiger partial charge in [0, 0.05) is 38.3 Å². The third kappa shape index (κ3) is 5.76. The summed E-state index contributed by atoms with van der Waals surface area (Å²) in [6.45, 7) is 3.58. The maximum Gasteiger partial charge on any atom is 0.433 e. The fourth-order valence-corrected chi connectivity index (χ4v) is 4.68. The molecule has 1 spiro atoms. The molecular weight excluding hydrogens is 476 g/mol. The summed E-state index contributed by atoms with van der Waals surface area (Å²) in [5.41, 5.74) is -0.355. The average molecular weight is 503 g/mol. The number of anilines is 1. The first kappa shape index (κ1) is 24.5. The van der Waals surface area contributed by atoms with Gasteiger partial charge in [0.2, 0.25) is 11.8 Å². The Balaban J connectivity index is 1.32. The minimum atomic E-state index is -4.69. The Hall–Kier alpha value is -3.24. The molecule has 5 rings (SSSR count). The van der Waals surface area contributed by atoms with Crippen LogP contribution in [0.1, 0.15) is 24.1 Å². The molecule has 0 bridgehead atoms. The predicted molar refractivity (Wildman–Crippen MR) is 125 cm³/mol. The second kappa shape index (κ2) is 10.0. The molecule has 2 aromatic carbocycles. The van der Waals surface area contributed by atoms with Gasteiger partial charge >= 0.3 is 6.18 Å². The van der Waals surface area contributed by atoms with Crippen molar-refractivity contribution >= 4 is 5.95 Å². The minimum absolute atomic E-state index is 0.0528. The zero-order valence-electron chi connectivity index (χ0n) is 19.5. The van der Waals surface area contributed by atoms with Crippen LogP contribution < -0.4 is 9.64 Å². The van der Waals surface area contributed by atoms with Gasteiger partial charge < -0.3 is 14.4 Å². The summed E-state index contributed by atoms with van der Waals surface area (Å²) in [5, 5.41) is 0. The van der Waals surface area contributed by atoms with Crippen LogP contribution in [0.3, 0.4) is 0 Å². The number of likely N-dealkylation sites (tertiary alicyclic amines) is 1. The van der Waals surface area contributed by atoms with Crippen LogP contribution in [0.25, 0.3) is 0 Å². The number of piperidine rings is 1. The Bertz CT molecular complexity index is 1180. The second-order valence-electron chi connectivity index (χ2n) is 9.16. The van der Waals surface area contributed by atoms with Crippen LogP contribution in [-0.4, -0.2) is 53.3 Å². The molecule has 2 fully saturated rings. The van der Waals surface area contributed by atoms with Crippen LogP contribution in [-0.2, 0) is 17.5 Å². The van der Waals surface area contributed by atoms with Crippen molar-refractivity contribution in [1.29, 1.82) is 0 Å². The molecule has 190 valence electrons. The molecule has 36 heavy (non-hydrogen) atoms. The van der Waals surface area contributed by atoms with Gasteiger partial charge in [-0.3, -0.25) is 4.90 Å². The lowest BCUT2D eigenvalue weighted by atomic mass is 9.89. The zero-order chi connectivity index (χ0) is 25.2. The molecule has 0 unspecified atom stereocenters. The SMILES string of the molecule is Fc1cccc(Oc2cc(C(F)(F)F)nc(N3CCOC4(CCN(Cc5ccccc5)CC4)C3)n2)c1. The summed E-state index contributed by atoms with van der Waals surface area (Å²) < 4.78 is 66.1. The van der Waals surface area contributed by atoms with Gasteiger partial charge in [0.05, 0.1) is 18.8 Å². The van der Waals surface area contributed by atoms with Crippen LogP contribution in [0.2, 0.25) is 0 Å². The monoisotopic (exact) mass is 502 g/mol. The Morgan fingerprint density at radius 3 is 2.44 bits per heavy atom. The van der Waals surface area contributed by atoms with Gasteiger partial charge in [0.15, 0.2) is 5.69 Å². The predicted octanol–water partition coefficient (Wildman–Crippen LogP) is 5.30. The standard InChI is InChI=1S/C26H26F4N4O2/c27-20-7-4-8-21(15-20)36-23-16-22(26(28,29)30)31-24(32-23)34-13-14-35-25(18-34)9-11-33(12-10-25)17-19-5-2-1-3-6-19/h1-8,15-16H,9-14,17-18H2. The minimum Gasteiger partial charge on any atom is -0.439 e. The van der Waals surface area contributed by atoms with Crippen LogP contribution >= 0.6 is 0 Å². The second-order valence-corrected chi connectivity index (χ2v) is 9.16. The van der Waals surface area contributed by atoms with Gasteiger partial charge in [-0.1, -0.05) is 36.4 Å². The molecule has 0 radical (unpaired) electrons. The molecule has 3 heterocycles. The van der Waals surface area contributed by atoms with Gasteiger partial charge in [-0.15, -0.1) is 0 Å². The number of morpholine rings is 1. The molecular formula is C26H26F4N4O2. The normalized spacial score (nSPS) is 18.4. The lowest BCUT2D eigenvalue weighted by Gasteiger charge is -2.47. The van der Waals surface area contributed by atoms with E-state index in [-0.39, 0.29) is 17.6 Å². The number of nitrogens with zero attached hydrogens (tertiary/aromatic N) is 4. The highest BCUT2D eigenvalue weighted by Crippen LogP contribution is 2.35. The number of hydrogen-bond donors (Lipinski definition) is 0. The number of alkyl halides is 3. The first-order chi connectivity index (χ1) is 17.3. The van der Waals surface area contributed by atoms with E-state index in [2.05, 4.69) is 27.0 Å². The number of ether oxygens (including phenoxy) is 2.